The Morgan fingerprint density at radius 2 is 1.91 bits per heavy atom. The molecule has 0 unspecified atom stereocenters. The van der Waals surface area contributed by atoms with Crippen molar-refractivity contribution in [2.45, 2.75) is 10.7 Å². The van der Waals surface area contributed by atoms with Gasteiger partial charge in [-0.25, -0.2) is 0 Å². The lowest BCUT2D eigenvalue weighted by Crippen LogP contribution is -2.02. The monoisotopic (exact) mass is 357 g/mol. The van der Waals surface area contributed by atoms with Gasteiger partial charge in [0.05, 0.1) is 10.6 Å². The maximum atomic E-state index is 12.2. The number of nitro benzene ring substituents is 1. The molecule has 0 aliphatic rings. The zero-order chi connectivity index (χ0) is 17.0. The smallest absolute Gasteiger partial charge is 0.288 e. The van der Waals surface area contributed by atoms with Crippen molar-refractivity contribution in [2.75, 3.05) is 0 Å². The van der Waals surface area contributed by atoms with Crippen LogP contribution in [0.4, 0.5) is 20.2 Å². The maximum absolute atomic E-state index is 12.2. The lowest BCUT2D eigenvalue weighted by Gasteiger charge is -2.10. The van der Waals surface area contributed by atoms with Crippen LogP contribution in [0.25, 0.3) is 0 Å². The van der Waals surface area contributed by atoms with Gasteiger partial charge >= 0.3 is 0 Å². The molecule has 0 aliphatic carbocycles. The van der Waals surface area contributed by atoms with Crippen LogP contribution >= 0.6 is 23.4 Å². The lowest BCUT2D eigenvalue weighted by molar-refractivity contribution is -0.398. The summed E-state index contributed by atoms with van der Waals surface area (Å²) in [5, 5.41) is 22.7. The first kappa shape index (κ1) is 17.2. The van der Waals surface area contributed by atoms with E-state index in [2.05, 4.69) is 4.99 Å². The van der Waals surface area contributed by atoms with Gasteiger partial charge in [-0.1, -0.05) is 23.4 Å². The predicted octanol–water partition coefficient (Wildman–Crippen LogP) is 4.39. The van der Waals surface area contributed by atoms with Crippen molar-refractivity contribution in [1.29, 1.82) is 0 Å². The average Bonchev–Trinajstić information content (AvgIpc) is 2.48. The fourth-order valence-corrected chi connectivity index (χ4v) is 2.41. The predicted molar refractivity (Wildman–Crippen MR) is 83.1 cm³/mol. The Hall–Kier alpha value is -2.19. The molecule has 0 saturated carbocycles. The summed E-state index contributed by atoms with van der Waals surface area (Å²) < 4.78 is 24.4. The Morgan fingerprint density at radius 1 is 1.26 bits per heavy atom. The quantitative estimate of drug-likeness (QED) is 0.344. The number of alkyl halides is 2. The van der Waals surface area contributed by atoms with Crippen LogP contribution in [-0.2, 0) is 0 Å². The zero-order valence-corrected chi connectivity index (χ0v) is 12.9. The Labute approximate surface area is 138 Å². The van der Waals surface area contributed by atoms with Crippen molar-refractivity contribution >= 4 is 41.0 Å². The molecular formula is C14H8ClF2N2O3S-. The molecule has 0 aliphatic heterocycles. The molecule has 0 aromatic heterocycles. The van der Waals surface area contributed by atoms with Crippen LogP contribution in [0.2, 0.25) is 5.02 Å². The first-order valence-electron chi connectivity index (χ1n) is 6.10. The minimum atomic E-state index is -2.51. The van der Waals surface area contributed by atoms with Crippen molar-refractivity contribution in [3.8, 4) is 5.75 Å². The first-order chi connectivity index (χ1) is 10.9. The van der Waals surface area contributed by atoms with Crippen LogP contribution in [0.1, 0.15) is 5.56 Å². The highest BCUT2D eigenvalue weighted by Crippen LogP contribution is 2.31. The molecule has 2 aromatic rings. The number of hydrogen-bond donors (Lipinski definition) is 0. The summed E-state index contributed by atoms with van der Waals surface area (Å²) in [4.78, 5) is 14.3. The van der Waals surface area contributed by atoms with Gasteiger partial charge in [0.2, 0.25) is 0 Å². The SMILES string of the molecule is O=[N+]([O-])c1cc(Cl)cc(C=Nc2ccc(SC(F)F)cc2)c1[O-]. The summed E-state index contributed by atoms with van der Waals surface area (Å²) in [7, 11) is 0. The van der Waals surface area contributed by atoms with Crippen LogP contribution in [0.5, 0.6) is 5.75 Å². The molecule has 0 atom stereocenters. The topological polar surface area (TPSA) is 78.6 Å². The van der Waals surface area contributed by atoms with Crippen molar-refractivity contribution in [1.82, 2.24) is 0 Å². The van der Waals surface area contributed by atoms with Crippen LogP contribution in [0.3, 0.4) is 0 Å². The Balaban J connectivity index is 2.25. The molecule has 2 rings (SSSR count). The number of thioether (sulfide) groups is 1. The molecule has 0 saturated heterocycles. The Morgan fingerprint density at radius 3 is 2.48 bits per heavy atom. The van der Waals surface area contributed by atoms with E-state index >= 15 is 0 Å². The van der Waals surface area contributed by atoms with Gasteiger partial charge in [0.1, 0.15) is 0 Å². The number of hydrogen-bond acceptors (Lipinski definition) is 5. The summed E-state index contributed by atoms with van der Waals surface area (Å²) in [5.74, 6) is -3.31. The van der Waals surface area contributed by atoms with E-state index in [0.29, 0.717) is 22.3 Å². The van der Waals surface area contributed by atoms with Gasteiger partial charge in [0, 0.05) is 22.2 Å². The van der Waals surface area contributed by atoms with E-state index in [1.54, 1.807) is 0 Å². The molecule has 23 heavy (non-hydrogen) atoms. The van der Waals surface area contributed by atoms with Crippen LogP contribution in [0.15, 0.2) is 46.3 Å². The van der Waals surface area contributed by atoms with E-state index in [9.17, 15) is 24.0 Å². The molecule has 120 valence electrons. The number of aliphatic imine (C=N–C) groups is 1. The molecule has 5 nitrogen and oxygen atoms in total. The molecular weight excluding hydrogens is 350 g/mol. The summed E-state index contributed by atoms with van der Waals surface area (Å²) in [6, 6.07) is 8.14. The maximum Gasteiger partial charge on any atom is 0.288 e. The van der Waals surface area contributed by atoms with E-state index < -0.39 is 22.1 Å². The third-order valence-electron chi connectivity index (χ3n) is 2.67. The second kappa shape index (κ2) is 7.38. The summed E-state index contributed by atoms with van der Waals surface area (Å²) >= 11 is 6.14. The van der Waals surface area contributed by atoms with E-state index in [1.165, 1.54) is 30.3 Å². The number of rotatable bonds is 5. The number of benzene rings is 2. The van der Waals surface area contributed by atoms with Gasteiger partial charge < -0.3 is 5.11 Å². The summed E-state index contributed by atoms with van der Waals surface area (Å²) in [5.41, 5.74) is -0.261. The minimum Gasteiger partial charge on any atom is -0.867 e. The van der Waals surface area contributed by atoms with E-state index in [-0.39, 0.29) is 10.6 Å². The summed E-state index contributed by atoms with van der Waals surface area (Å²) in [6.07, 6.45) is 1.15. The molecule has 0 radical (unpaired) electrons. The van der Waals surface area contributed by atoms with Gasteiger partial charge in [0.25, 0.3) is 11.4 Å². The van der Waals surface area contributed by atoms with Gasteiger partial charge in [-0.3, -0.25) is 15.1 Å². The largest absolute Gasteiger partial charge is 0.867 e. The second-order valence-corrected chi connectivity index (χ2v) is 5.73. The first-order valence-corrected chi connectivity index (χ1v) is 7.36. The van der Waals surface area contributed by atoms with Crippen LogP contribution < -0.4 is 5.11 Å². The van der Waals surface area contributed by atoms with E-state index in [4.69, 9.17) is 11.6 Å². The minimum absolute atomic E-state index is 0.0322. The molecule has 0 amide bonds. The van der Waals surface area contributed by atoms with Crippen LogP contribution in [-0.4, -0.2) is 16.9 Å². The highest BCUT2D eigenvalue weighted by atomic mass is 35.5. The van der Waals surface area contributed by atoms with Crippen molar-refractivity contribution < 1.29 is 18.8 Å². The van der Waals surface area contributed by atoms with Gasteiger partial charge in [-0.2, -0.15) is 8.78 Å². The number of nitro groups is 1. The fraction of sp³-hybridized carbons (Fsp3) is 0.0714. The van der Waals surface area contributed by atoms with Crippen molar-refractivity contribution in [3.63, 3.8) is 0 Å². The Kier molecular flexibility index (Phi) is 5.51. The molecule has 2 aromatic carbocycles. The zero-order valence-electron chi connectivity index (χ0n) is 11.3. The number of nitrogens with zero attached hydrogens (tertiary/aromatic N) is 2. The van der Waals surface area contributed by atoms with Gasteiger partial charge in [-0.05, 0) is 41.6 Å². The second-order valence-electron chi connectivity index (χ2n) is 4.23. The average molecular weight is 358 g/mol. The molecule has 0 N–H and O–H groups in total. The third kappa shape index (κ3) is 4.64. The van der Waals surface area contributed by atoms with Crippen LogP contribution in [0, 0.1) is 10.1 Å². The standard InChI is InChI=1S/C14H9ClF2N2O3S/c15-9-5-8(13(20)12(6-9)19(21)22)7-18-10-1-3-11(4-2-10)23-14(16)17/h1-7,14,20H/p-1. The lowest BCUT2D eigenvalue weighted by atomic mass is 10.2. The van der Waals surface area contributed by atoms with Crippen molar-refractivity contribution in [3.05, 3.63) is 57.1 Å². The van der Waals surface area contributed by atoms with E-state index in [1.807, 2.05) is 0 Å². The molecule has 0 bridgehead atoms. The number of halogens is 3. The van der Waals surface area contributed by atoms with E-state index in [0.717, 1.165) is 12.3 Å². The van der Waals surface area contributed by atoms with Gasteiger partial charge in [0.15, 0.2) is 0 Å². The fourth-order valence-electron chi connectivity index (χ4n) is 1.69. The summed E-state index contributed by atoms with van der Waals surface area (Å²) in [6.45, 7) is 0. The molecule has 0 heterocycles. The third-order valence-corrected chi connectivity index (χ3v) is 3.61. The normalized spacial score (nSPS) is 11.3. The molecule has 0 spiro atoms. The molecule has 0 fully saturated rings. The highest BCUT2D eigenvalue weighted by Gasteiger charge is 2.11. The van der Waals surface area contributed by atoms with Crippen molar-refractivity contribution in [2.24, 2.45) is 4.99 Å². The van der Waals surface area contributed by atoms with Gasteiger partial charge in [-0.15, -0.1) is 0 Å². The highest BCUT2D eigenvalue weighted by molar-refractivity contribution is 7.99. The molecule has 9 heteroatoms. The Bertz CT molecular complexity index is 754.